The second-order valence-corrected chi connectivity index (χ2v) is 5.77. The molecule has 0 aliphatic heterocycles. The molecule has 1 rings (SSSR count). The van der Waals surface area contributed by atoms with Gasteiger partial charge >= 0.3 is 5.97 Å². The van der Waals surface area contributed by atoms with Crippen molar-refractivity contribution in [1.29, 1.82) is 10.8 Å². The summed E-state index contributed by atoms with van der Waals surface area (Å²) in [6.07, 6.45) is 0.304. The maximum absolute atomic E-state index is 10.5. The van der Waals surface area contributed by atoms with E-state index in [0.29, 0.717) is 6.42 Å². The topological polar surface area (TPSA) is 125 Å². The molecule has 18 heavy (non-hydrogen) atoms. The Morgan fingerprint density at radius 3 is 2.22 bits per heavy atom. The molecule has 0 aromatic heterocycles. The molecule has 0 unspecified atom stereocenters. The number of carbonyl (C=O) groups is 1. The predicted octanol–water partition coefficient (Wildman–Crippen LogP) is 2.06. The van der Waals surface area contributed by atoms with Crippen LogP contribution in [-0.2, 0) is 11.2 Å². The third-order valence-corrected chi connectivity index (χ3v) is 3.92. The highest BCUT2D eigenvalue weighted by atomic mass is 32.3. The van der Waals surface area contributed by atoms with Crippen LogP contribution in [0.3, 0.4) is 0 Å². The third kappa shape index (κ3) is 3.66. The van der Waals surface area contributed by atoms with E-state index in [1.165, 1.54) is 0 Å². The molecule has 98 valence electrons. The minimum atomic E-state index is -3.52. The first-order chi connectivity index (χ1) is 8.34. The summed E-state index contributed by atoms with van der Waals surface area (Å²) in [7, 11) is -3.52. The number of nitrogens with one attached hydrogen (secondary N) is 2. The van der Waals surface area contributed by atoms with E-state index in [1.54, 1.807) is 24.3 Å². The minimum absolute atomic E-state index is 0.161. The van der Waals surface area contributed by atoms with E-state index in [0.717, 1.165) is 5.56 Å². The molecule has 0 amide bonds. The molecular weight excluding hydrogens is 256 g/mol. The van der Waals surface area contributed by atoms with Gasteiger partial charge in [-0.05, 0) is 12.0 Å². The zero-order valence-corrected chi connectivity index (χ0v) is 10.3. The number of aliphatic carboxylic acids is 1. The van der Waals surface area contributed by atoms with Gasteiger partial charge in [-0.15, -0.1) is 0 Å². The maximum atomic E-state index is 10.5. The van der Waals surface area contributed by atoms with Gasteiger partial charge < -0.3 is 5.11 Å². The Kier molecular flexibility index (Phi) is 4.60. The van der Waals surface area contributed by atoms with Crippen molar-refractivity contribution in [3.05, 3.63) is 35.9 Å². The summed E-state index contributed by atoms with van der Waals surface area (Å²) in [6.45, 7) is 0. The Morgan fingerprint density at radius 2 is 1.72 bits per heavy atom. The van der Waals surface area contributed by atoms with Crippen molar-refractivity contribution in [3.8, 4) is 0 Å². The third-order valence-electron chi connectivity index (χ3n) is 2.29. The van der Waals surface area contributed by atoms with Gasteiger partial charge in [-0.3, -0.25) is 19.9 Å². The first-order valence-electron chi connectivity index (χ1n) is 5.05. The quantitative estimate of drug-likeness (QED) is 0.414. The van der Waals surface area contributed by atoms with Gasteiger partial charge in [0.05, 0.1) is 0 Å². The van der Waals surface area contributed by atoms with Crippen molar-refractivity contribution >= 4 is 27.3 Å². The lowest BCUT2D eigenvalue weighted by Gasteiger charge is -2.31. The van der Waals surface area contributed by atoms with Gasteiger partial charge in [0.1, 0.15) is 0 Å². The fraction of sp³-hybridized carbons (Fsp3) is 0.182. The van der Waals surface area contributed by atoms with Crippen LogP contribution in [0.4, 0.5) is 0 Å². The van der Waals surface area contributed by atoms with Crippen LogP contribution in [0, 0.1) is 10.8 Å². The monoisotopic (exact) mass is 270 g/mol. The van der Waals surface area contributed by atoms with E-state index in [1.807, 2.05) is 6.07 Å². The van der Waals surface area contributed by atoms with Gasteiger partial charge in [0.2, 0.25) is 0 Å². The Morgan fingerprint density at radius 1 is 1.17 bits per heavy atom. The average molecular weight is 270 g/mol. The predicted molar refractivity (Wildman–Crippen MR) is 71.0 cm³/mol. The Hall–Kier alpha value is -1.70. The van der Waals surface area contributed by atoms with Gasteiger partial charge in [-0.1, -0.05) is 30.3 Å². The van der Waals surface area contributed by atoms with E-state index in [2.05, 4.69) is 0 Å². The van der Waals surface area contributed by atoms with Crippen LogP contribution in [-0.4, -0.2) is 36.7 Å². The molecule has 1 aromatic rings. The Labute approximate surface area is 106 Å². The molecule has 0 spiro atoms. The van der Waals surface area contributed by atoms with E-state index in [-0.39, 0.29) is 5.75 Å². The lowest BCUT2D eigenvalue weighted by molar-refractivity contribution is -0.129. The molecule has 7 heteroatoms. The molecule has 6 nitrogen and oxygen atoms in total. The normalized spacial score (nSPS) is 11.9. The maximum Gasteiger partial charge on any atom is 0.357 e. The fourth-order valence-corrected chi connectivity index (χ4v) is 2.41. The van der Waals surface area contributed by atoms with Gasteiger partial charge in [0.15, 0.2) is 10.8 Å². The SMILES string of the molecule is N=C(C(=N)S(O)(O)CCc1ccccc1)C(=O)O. The molecule has 0 fully saturated rings. The number of hydrogen-bond donors (Lipinski definition) is 5. The molecule has 0 aliphatic rings. The summed E-state index contributed by atoms with van der Waals surface area (Å²) in [6, 6.07) is 9.00. The van der Waals surface area contributed by atoms with E-state index < -0.39 is 27.3 Å². The van der Waals surface area contributed by atoms with Crippen LogP contribution in [0.1, 0.15) is 5.56 Å². The van der Waals surface area contributed by atoms with Crippen molar-refractivity contribution in [2.75, 3.05) is 5.75 Å². The number of hydrogen-bond acceptors (Lipinski definition) is 5. The molecular formula is C11H14N2O4S. The van der Waals surface area contributed by atoms with Gasteiger partial charge in [0.25, 0.3) is 0 Å². The second kappa shape index (κ2) is 5.76. The minimum Gasteiger partial charge on any atom is -0.476 e. The molecule has 0 saturated carbocycles. The average Bonchev–Trinajstić information content (AvgIpc) is 2.35. The van der Waals surface area contributed by atoms with Crippen molar-refractivity contribution < 1.29 is 19.0 Å². The van der Waals surface area contributed by atoms with Crippen LogP contribution in [0.15, 0.2) is 30.3 Å². The molecule has 0 saturated heterocycles. The van der Waals surface area contributed by atoms with Crippen molar-refractivity contribution in [1.82, 2.24) is 0 Å². The lowest BCUT2D eigenvalue weighted by Crippen LogP contribution is -2.28. The second-order valence-electron chi connectivity index (χ2n) is 3.62. The van der Waals surface area contributed by atoms with Crippen LogP contribution in [0.5, 0.6) is 0 Å². The zero-order chi connectivity index (χ0) is 13.8. The van der Waals surface area contributed by atoms with E-state index in [4.69, 9.17) is 15.9 Å². The molecule has 0 aliphatic carbocycles. The molecule has 1 aromatic carbocycles. The van der Waals surface area contributed by atoms with Crippen molar-refractivity contribution in [3.63, 3.8) is 0 Å². The molecule has 0 bridgehead atoms. The molecule has 0 atom stereocenters. The summed E-state index contributed by atoms with van der Waals surface area (Å²) in [5, 5.41) is 22.0. The standard InChI is InChI=1S/C11H14N2O4S/c12-9(11(14)15)10(13)18(16,17)7-6-8-4-2-1-3-5-8/h1-5,12-13,16-17H,6-7H2,(H,14,15). The van der Waals surface area contributed by atoms with E-state index in [9.17, 15) is 13.9 Å². The first-order valence-corrected chi connectivity index (χ1v) is 6.77. The van der Waals surface area contributed by atoms with Crippen LogP contribution < -0.4 is 0 Å². The number of benzene rings is 1. The van der Waals surface area contributed by atoms with Gasteiger partial charge in [-0.25, -0.2) is 4.79 Å². The molecule has 0 heterocycles. The summed E-state index contributed by atoms with van der Waals surface area (Å²) in [5.74, 6) is -1.80. The first kappa shape index (κ1) is 14.4. The molecule has 0 radical (unpaired) electrons. The van der Waals surface area contributed by atoms with Crippen molar-refractivity contribution in [2.45, 2.75) is 6.42 Å². The highest BCUT2D eigenvalue weighted by Crippen LogP contribution is 2.40. The summed E-state index contributed by atoms with van der Waals surface area (Å²) in [5.41, 5.74) is -0.227. The van der Waals surface area contributed by atoms with Crippen LogP contribution >= 0.6 is 10.6 Å². The van der Waals surface area contributed by atoms with Crippen LogP contribution in [0.2, 0.25) is 0 Å². The van der Waals surface area contributed by atoms with Crippen molar-refractivity contribution in [2.24, 2.45) is 0 Å². The largest absolute Gasteiger partial charge is 0.476 e. The highest BCUT2D eigenvalue weighted by Gasteiger charge is 2.26. The number of aryl methyl sites for hydroxylation is 1. The summed E-state index contributed by atoms with van der Waals surface area (Å²) >= 11 is 0. The lowest BCUT2D eigenvalue weighted by atomic mass is 10.2. The molecule has 5 N–H and O–H groups in total. The zero-order valence-electron chi connectivity index (χ0n) is 9.46. The number of carboxylic acids is 1. The van der Waals surface area contributed by atoms with Gasteiger partial charge in [-0.2, -0.15) is 10.6 Å². The van der Waals surface area contributed by atoms with Gasteiger partial charge in [0, 0.05) is 5.75 Å². The summed E-state index contributed by atoms with van der Waals surface area (Å²) in [4.78, 5) is 10.5. The number of carboxylic acid groups (broad SMARTS) is 1. The van der Waals surface area contributed by atoms with E-state index >= 15 is 0 Å². The Balaban J connectivity index is 2.68. The summed E-state index contributed by atoms with van der Waals surface area (Å²) < 4.78 is 19.3. The smallest absolute Gasteiger partial charge is 0.357 e. The number of rotatable bonds is 5. The fourth-order valence-electron chi connectivity index (χ4n) is 1.27. The Bertz CT molecular complexity index is 473. The van der Waals surface area contributed by atoms with Crippen LogP contribution in [0.25, 0.3) is 0 Å². The highest BCUT2D eigenvalue weighted by molar-refractivity contribution is 8.38.